The molecule has 0 spiro atoms. The highest BCUT2D eigenvalue weighted by Crippen LogP contribution is 2.42. The standard InChI is InChI=1S/C24H19F3N2O2S/c1-15-8-10-20(11-9-15)29-21(30)14-32-23(29)17-5-3-7-19(13-17)28-22(31)16-4-2-6-18(12-16)24(25,26)27/h2-13,23H,14H2,1H3,(H,28,31)/t23-/m1/s1. The molecule has 1 saturated heterocycles. The number of carbonyl (C=O) groups excluding carboxylic acids is 2. The Kier molecular flexibility index (Phi) is 5.97. The summed E-state index contributed by atoms with van der Waals surface area (Å²) in [5.74, 6) is -0.319. The molecule has 164 valence electrons. The smallest absolute Gasteiger partial charge is 0.322 e. The fourth-order valence-electron chi connectivity index (χ4n) is 3.47. The summed E-state index contributed by atoms with van der Waals surface area (Å²) in [6.45, 7) is 1.97. The summed E-state index contributed by atoms with van der Waals surface area (Å²) < 4.78 is 38.8. The van der Waals surface area contributed by atoms with E-state index < -0.39 is 17.6 Å². The molecule has 32 heavy (non-hydrogen) atoms. The largest absolute Gasteiger partial charge is 0.416 e. The summed E-state index contributed by atoms with van der Waals surface area (Å²) in [7, 11) is 0. The van der Waals surface area contributed by atoms with E-state index >= 15 is 0 Å². The predicted molar refractivity (Wildman–Crippen MR) is 120 cm³/mol. The van der Waals surface area contributed by atoms with E-state index in [-0.39, 0.29) is 16.8 Å². The van der Waals surface area contributed by atoms with Crippen molar-refractivity contribution in [2.24, 2.45) is 0 Å². The Balaban J connectivity index is 1.56. The highest BCUT2D eigenvalue weighted by Gasteiger charge is 2.34. The summed E-state index contributed by atoms with van der Waals surface area (Å²) in [5.41, 5.74) is 2.15. The molecule has 3 aromatic carbocycles. The monoisotopic (exact) mass is 456 g/mol. The van der Waals surface area contributed by atoms with Crippen LogP contribution in [0.15, 0.2) is 72.8 Å². The highest BCUT2D eigenvalue weighted by molar-refractivity contribution is 8.00. The van der Waals surface area contributed by atoms with Crippen LogP contribution < -0.4 is 10.2 Å². The molecule has 1 N–H and O–H groups in total. The van der Waals surface area contributed by atoms with Crippen molar-refractivity contribution in [3.8, 4) is 0 Å². The number of thioether (sulfide) groups is 1. The zero-order valence-corrected chi connectivity index (χ0v) is 17.8. The Labute approximate surface area is 187 Å². The zero-order chi connectivity index (χ0) is 22.9. The second-order valence-electron chi connectivity index (χ2n) is 7.42. The first-order valence-electron chi connectivity index (χ1n) is 9.81. The topological polar surface area (TPSA) is 49.4 Å². The van der Waals surface area contributed by atoms with Crippen molar-refractivity contribution in [2.75, 3.05) is 16.0 Å². The maximum absolute atomic E-state index is 12.9. The summed E-state index contributed by atoms with van der Waals surface area (Å²) in [6.07, 6.45) is -4.53. The van der Waals surface area contributed by atoms with Gasteiger partial charge in [-0.05, 0) is 55.0 Å². The second-order valence-corrected chi connectivity index (χ2v) is 8.49. The Morgan fingerprint density at radius 1 is 1.03 bits per heavy atom. The SMILES string of the molecule is Cc1ccc(N2C(=O)CS[C@@H]2c2cccc(NC(=O)c3cccc(C(F)(F)F)c3)c2)cc1. The molecule has 1 atom stereocenters. The lowest BCUT2D eigenvalue weighted by Gasteiger charge is -2.25. The van der Waals surface area contributed by atoms with Gasteiger partial charge in [0.15, 0.2) is 0 Å². The van der Waals surface area contributed by atoms with Crippen molar-refractivity contribution in [3.05, 3.63) is 95.1 Å². The van der Waals surface area contributed by atoms with Crippen LogP contribution in [-0.2, 0) is 11.0 Å². The molecule has 0 bridgehead atoms. The van der Waals surface area contributed by atoms with Crippen molar-refractivity contribution >= 4 is 35.0 Å². The van der Waals surface area contributed by atoms with Gasteiger partial charge in [-0.2, -0.15) is 13.2 Å². The molecule has 3 aromatic rings. The minimum atomic E-state index is -4.53. The average Bonchev–Trinajstić information content (AvgIpc) is 3.15. The van der Waals surface area contributed by atoms with E-state index in [4.69, 9.17) is 0 Å². The lowest BCUT2D eigenvalue weighted by atomic mass is 10.1. The van der Waals surface area contributed by atoms with Gasteiger partial charge in [0.05, 0.1) is 11.3 Å². The van der Waals surface area contributed by atoms with Crippen LogP contribution in [0.3, 0.4) is 0 Å². The molecule has 0 unspecified atom stereocenters. The maximum atomic E-state index is 12.9. The molecular weight excluding hydrogens is 437 g/mol. The van der Waals surface area contributed by atoms with Gasteiger partial charge < -0.3 is 5.32 Å². The first kappa shape index (κ1) is 22.0. The van der Waals surface area contributed by atoms with E-state index in [0.29, 0.717) is 11.4 Å². The molecular formula is C24H19F3N2O2S. The third kappa shape index (κ3) is 4.65. The maximum Gasteiger partial charge on any atom is 0.416 e. The van der Waals surface area contributed by atoms with Crippen LogP contribution in [0.4, 0.5) is 24.5 Å². The van der Waals surface area contributed by atoms with Gasteiger partial charge in [-0.1, -0.05) is 35.9 Å². The molecule has 4 rings (SSSR count). The van der Waals surface area contributed by atoms with E-state index in [1.807, 2.05) is 37.3 Å². The quantitative estimate of drug-likeness (QED) is 0.520. The van der Waals surface area contributed by atoms with E-state index in [1.54, 1.807) is 23.1 Å². The molecule has 8 heteroatoms. The van der Waals surface area contributed by atoms with Crippen molar-refractivity contribution < 1.29 is 22.8 Å². The van der Waals surface area contributed by atoms with Crippen LogP contribution in [0, 0.1) is 6.92 Å². The van der Waals surface area contributed by atoms with E-state index in [1.165, 1.54) is 23.9 Å². The van der Waals surface area contributed by atoms with Crippen LogP contribution in [-0.4, -0.2) is 17.6 Å². The number of anilines is 2. The number of aryl methyl sites for hydroxylation is 1. The average molecular weight is 456 g/mol. The number of amides is 2. The molecule has 0 aromatic heterocycles. The number of benzene rings is 3. The molecule has 4 nitrogen and oxygen atoms in total. The minimum Gasteiger partial charge on any atom is -0.322 e. The zero-order valence-electron chi connectivity index (χ0n) is 17.0. The van der Waals surface area contributed by atoms with Crippen molar-refractivity contribution in [1.82, 2.24) is 0 Å². The number of hydrogen-bond donors (Lipinski definition) is 1. The van der Waals surface area contributed by atoms with Crippen molar-refractivity contribution in [2.45, 2.75) is 18.5 Å². The van der Waals surface area contributed by atoms with E-state index in [0.717, 1.165) is 28.9 Å². The number of rotatable bonds is 4. The van der Waals surface area contributed by atoms with Crippen LogP contribution in [0.2, 0.25) is 0 Å². The molecule has 1 aliphatic heterocycles. The van der Waals surface area contributed by atoms with Gasteiger partial charge >= 0.3 is 6.18 Å². The number of nitrogens with one attached hydrogen (secondary N) is 1. The normalized spacial score (nSPS) is 16.3. The first-order chi connectivity index (χ1) is 15.2. The minimum absolute atomic E-state index is 0.0118. The van der Waals surface area contributed by atoms with Crippen molar-refractivity contribution in [3.63, 3.8) is 0 Å². The van der Waals surface area contributed by atoms with Gasteiger partial charge in [0.2, 0.25) is 5.91 Å². The van der Waals surface area contributed by atoms with Crippen LogP contribution in [0.25, 0.3) is 0 Å². The van der Waals surface area contributed by atoms with Crippen LogP contribution >= 0.6 is 11.8 Å². The third-order valence-electron chi connectivity index (χ3n) is 5.06. The molecule has 0 aliphatic carbocycles. The molecule has 0 radical (unpaired) electrons. The number of hydrogen-bond acceptors (Lipinski definition) is 3. The summed E-state index contributed by atoms with van der Waals surface area (Å²) in [5, 5.41) is 2.39. The molecule has 2 amide bonds. The number of alkyl halides is 3. The van der Waals surface area contributed by atoms with Gasteiger partial charge in [0.1, 0.15) is 5.37 Å². The number of carbonyl (C=O) groups is 2. The van der Waals surface area contributed by atoms with Crippen LogP contribution in [0.5, 0.6) is 0 Å². The molecule has 1 heterocycles. The predicted octanol–water partition coefficient (Wildman–Crippen LogP) is 6.04. The Morgan fingerprint density at radius 2 is 1.75 bits per heavy atom. The van der Waals surface area contributed by atoms with Crippen molar-refractivity contribution in [1.29, 1.82) is 0 Å². The lowest BCUT2D eigenvalue weighted by molar-refractivity contribution is -0.137. The fourth-order valence-corrected chi connectivity index (χ4v) is 4.63. The summed E-state index contributed by atoms with van der Waals surface area (Å²) in [6, 6.07) is 18.9. The summed E-state index contributed by atoms with van der Waals surface area (Å²) in [4.78, 5) is 26.8. The van der Waals surface area contributed by atoms with Gasteiger partial charge in [0, 0.05) is 16.9 Å². The highest BCUT2D eigenvalue weighted by atomic mass is 32.2. The Hall–Kier alpha value is -3.26. The van der Waals surface area contributed by atoms with Gasteiger partial charge in [-0.25, -0.2) is 0 Å². The van der Waals surface area contributed by atoms with Gasteiger partial charge in [0.25, 0.3) is 5.91 Å². The first-order valence-corrected chi connectivity index (χ1v) is 10.9. The molecule has 1 aliphatic rings. The lowest BCUT2D eigenvalue weighted by Crippen LogP contribution is -2.27. The van der Waals surface area contributed by atoms with E-state index in [9.17, 15) is 22.8 Å². The van der Waals surface area contributed by atoms with Crippen LogP contribution in [0.1, 0.15) is 32.4 Å². The number of halogens is 3. The molecule has 1 fully saturated rings. The second kappa shape index (κ2) is 8.70. The summed E-state index contributed by atoms with van der Waals surface area (Å²) >= 11 is 1.48. The third-order valence-corrected chi connectivity index (χ3v) is 6.27. The number of nitrogens with zero attached hydrogens (tertiary/aromatic N) is 1. The Bertz CT molecular complexity index is 1160. The van der Waals surface area contributed by atoms with Gasteiger partial charge in [-0.3, -0.25) is 14.5 Å². The van der Waals surface area contributed by atoms with Gasteiger partial charge in [-0.15, -0.1) is 11.8 Å². The van der Waals surface area contributed by atoms with E-state index in [2.05, 4.69) is 5.32 Å². The fraction of sp³-hybridized carbons (Fsp3) is 0.167. The molecule has 0 saturated carbocycles. The Morgan fingerprint density at radius 3 is 2.47 bits per heavy atom.